The van der Waals surface area contributed by atoms with Crippen LogP contribution in [0.3, 0.4) is 0 Å². The van der Waals surface area contributed by atoms with Crippen molar-refractivity contribution in [2.75, 3.05) is 0 Å². The number of fused-ring (bicyclic) bond motifs is 1. The number of carbonyl (C=O) groups is 1. The molecule has 0 unspecified atom stereocenters. The van der Waals surface area contributed by atoms with Crippen molar-refractivity contribution in [2.24, 2.45) is 0 Å². The summed E-state index contributed by atoms with van der Waals surface area (Å²) >= 11 is 0.956. The molecule has 0 saturated heterocycles. The number of carbonyl (C=O) groups excluding carboxylic acids is 1. The van der Waals surface area contributed by atoms with Gasteiger partial charge in [0.2, 0.25) is 0 Å². The van der Waals surface area contributed by atoms with Gasteiger partial charge in [0.1, 0.15) is 4.83 Å². The van der Waals surface area contributed by atoms with Crippen LogP contribution in [-0.2, 0) is 13.1 Å². The third-order valence-electron chi connectivity index (χ3n) is 3.60. The average molecular weight is 348 g/mol. The number of hydrogen-bond acceptors (Lipinski definition) is 4. The van der Waals surface area contributed by atoms with Crippen LogP contribution in [0.4, 0.5) is 13.2 Å². The maximum absolute atomic E-state index is 12.4. The fourth-order valence-corrected chi connectivity index (χ4v) is 3.57. The van der Waals surface area contributed by atoms with Crippen LogP contribution >= 0.6 is 11.3 Å². The van der Waals surface area contributed by atoms with Crippen LogP contribution in [0.5, 0.6) is 0 Å². The van der Waals surface area contributed by atoms with Gasteiger partial charge in [-0.3, -0.25) is 18.7 Å². The Morgan fingerprint density at radius 3 is 2.39 bits per heavy atom. The second-order valence-corrected chi connectivity index (χ2v) is 6.12. The summed E-state index contributed by atoms with van der Waals surface area (Å²) < 4.78 is 39.1. The van der Waals surface area contributed by atoms with Crippen molar-refractivity contribution in [3.8, 4) is 0 Å². The minimum atomic E-state index is -4.30. The zero-order valence-corrected chi connectivity index (χ0v) is 13.4. The molecule has 126 valence electrons. The molecule has 9 heteroatoms. The van der Waals surface area contributed by atoms with E-state index in [1.165, 1.54) is 0 Å². The molecule has 5 nitrogen and oxygen atoms in total. The Bertz CT molecular complexity index is 861. The van der Waals surface area contributed by atoms with Gasteiger partial charge in [-0.25, -0.2) is 4.79 Å². The first kappa shape index (κ1) is 17.5. The third kappa shape index (κ3) is 3.24. The molecule has 0 aliphatic heterocycles. The molecule has 0 atom stereocenters. The zero-order valence-electron chi connectivity index (χ0n) is 12.6. The first-order chi connectivity index (χ1) is 10.7. The smallest absolute Gasteiger partial charge is 0.297 e. The van der Waals surface area contributed by atoms with E-state index in [2.05, 4.69) is 0 Å². The summed E-state index contributed by atoms with van der Waals surface area (Å²) in [6.45, 7) is 3.15. The number of aryl methyl sites for hydroxylation is 2. The molecule has 0 bridgehead atoms. The molecule has 2 aromatic rings. The lowest BCUT2D eigenvalue weighted by molar-refractivity contribution is -0.135. The second-order valence-electron chi connectivity index (χ2n) is 5.09. The quantitative estimate of drug-likeness (QED) is 0.781. The van der Waals surface area contributed by atoms with Crippen molar-refractivity contribution in [1.82, 2.24) is 9.13 Å². The summed E-state index contributed by atoms with van der Waals surface area (Å²) in [6.07, 6.45) is -5.01. The zero-order chi connectivity index (χ0) is 17.4. The van der Waals surface area contributed by atoms with E-state index in [-0.39, 0.29) is 29.7 Å². The fourth-order valence-electron chi connectivity index (χ4n) is 2.44. The SMILES string of the molecule is CCn1c(=O)c2c(C)c(C=O)sc2n(CCCC(F)(F)F)c1=O. The van der Waals surface area contributed by atoms with Crippen molar-refractivity contribution >= 4 is 27.8 Å². The van der Waals surface area contributed by atoms with Gasteiger partial charge in [-0.15, -0.1) is 11.3 Å². The Morgan fingerprint density at radius 2 is 1.87 bits per heavy atom. The highest BCUT2D eigenvalue weighted by molar-refractivity contribution is 7.20. The van der Waals surface area contributed by atoms with Crippen molar-refractivity contribution in [3.05, 3.63) is 31.3 Å². The monoisotopic (exact) mass is 348 g/mol. The predicted octanol–water partition coefficient (Wildman–Crippen LogP) is 2.71. The molecule has 2 rings (SSSR count). The summed E-state index contributed by atoms with van der Waals surface area (Å²) in [4.78, 5) is 36.4. The van der Waals surface area contributed by atoms with Crippen LogP contribution in [0, 0.1) is 6.92 Å². The highest BCUT2D eigenvalue weighted by Gasteiger charge is 2.27. The van der Waals surface area contributed by atoms with Crippen LogP contribution in [0.1, 0.15) is 35.0 Å². The number of aldehydes is 1. The molecule has 0 N–H and O–H groups in total. The summed E-state index contributed by atoms with van der Waals surface area (Å²) in [5.41, 5.74) is -0.705. The Morgan fingerprint density at radius 1 is 1.22 bits per heavy atom. The molecule has 0 aromatic carbocycles. The third-order valence-corrected chi connectivity index (χ3v) is 4.84. The number of hydrogen-bond donors (Lipinski definition) is 0. The minimum absolute atomic E-state index is 0.110. The molecular weight excluding hydrogens is 333 g/mol. The first-order valence-corrected chi connectivity index (χ1v) is 7.81. The molecule has 2 aromatic heterocycles. The Kier molecular flexibility index (Phi) is 4.79. The van der Waals surface area contributed by atoms with Crippen molar-refractivity contribution in [1.29, 1.82) is 0 Å². The molecule has 0 aliphatic carbocycles. The van der Waals surface area contributed by atoms with Crippen molar-refractivity contribution in [2.45, 2.75) is 46.0 Å². The number of alkyl halides is 3. The molecule has 23 heavy (non-hydrogen) atoms. The summed E-state index contributed by atoms with van der Waals surface area (Å²) in [5, 5.41) is 0.227. The lowest BCUT2D eigenvalue weighted by Crippen LogP contribution is -2.39. The largest absolute Gasteiger partial charge is 0.389 e. The van der Waals surface area contributed by atoms with Crippen LogP contribution in [0.2, 0.25) is 0 Å². The van der Waals surface area contributed by atoms with Gasteiger partial charge in [0.05, 0.1) is 10.3 Å². The Hall–Kier alpha value is -1.90. The number of halogens is 3. The van der Waals surface area contributed by atoms with Crippen LogP contribution in [0.25, 0.3) is 10.2 Å². The summed E-state index contributed by atoms with van der Waals surface area (Å²) in [6, 6.07) is 0. The number of nitrogens with zero attached hydrogens (tertiary/aromatic N) is 2. The van der Waals surface area contributed by atoms with E-state index in [9.17, 15) is 27.6 Å². The van der Waals surface area contributed by atoms with Gasteiger partial charge in [0, 0.05) is 19.5 Å². The van der Waals surface area contributed by atoms with Gasteiger partial charge in [0.15, 0.2) is 6.29 Å². The molecule has 2 heterocycles. The average Bonchev–Trinajstić information content (AvgIpc) is 2.79. The lowest BCUT2D eigenvalue weighted by atomic mass is 10.2. The minimum Gasteiger partial charge on any atom is -0.297 e. The number of aromatic nitrogens is 2. The normalized spacial score (nSPS) is 12.0. The fraction of sp³-hybridized carbons (Fsp3) is 0.500. The Balaban J connectivity index is 2.65. The maximum atomic E-state index is 12.4. The van der Waals surface area contributed by atoms with Crippen LogP contribution < -0.4 is 11.2 Å². The van der Waals surface area contributed by atoms with E-state index in [4.69, 9.17) is 0 Å². The van der Waals surface area contributed by atoms with Gasteiger partial charge < -0.3 is 0 Å². The van der Waals surface area contributed by atoms with E-state index in [1.54, 1.807) is 13.8 Å². The highest BCUT2D eigenvalue weighted by atomic mass is 32.1. The van der Waals surface area contributed by atoms with E-state index < -0.39 is 23.8 Å². The van der Waals surface area contributed by atoms with Gasteiger partial charge in [-0.1, -0.05) is 0 Å². The van der Waals surface area contributed by atoms with Crippen LogP contribution in [-0.4, -0.2) is 21.6 Å². The summed E-state index contributed by atoms with van der Waals surface area (Å²) in [7, 11) is 0. The molecule has 0 aliphatic rings. The standard InChI is InChI=1S/C14H15F3N2O3S/c1-3-18-11(21)10-8(2)9(7-20)23-12(10)19(13(18)22)6-4-5-14(15,16)17/h7H,3-6H2,1-2H3. The van der Waals surface area contributed by atoms with E-state index >= 15 is 0 Å². The molecule has 0 radical (unpaired) electrons. The molecular formula is C14H15F3N2O3S. The maximum Gasteiger partial charge on any atom is 0.389 e. The highest BCUT2D eigenvalue weighted by Crippen LogP contribution is 2.27. The van der Waals surface area contributed by atoms with Crippen molar-refractivity contribution in [3.63, 3.8) is 0 Å². The number of rotatable bonds is 5. The van der Waals surface area contributed by atoms with Gasteiger partial charge in [-0.05, 0) is 25.8 Å². The molecule has 0 spiro atoms. The number of thiophene rings is 1. The summed E-state index contributed by atoms with van der Waals surface area (Å²) in [5.74, 6) is 0. The van der Waals surface area contributed by atoms with E-state index in [1.807, 2.05) is 0 Å². The lowest BCUT2D eigenvalue weighted by Gasteiger charge is -2.12. The Labute approximate surface area is 133 Å². The topological polar surface area (TPSA) is 61.1 Å². The van der Waals surface area contributed by atoms with Crippen LogP contribution in [0.15, 0.2) is 9.59 Å². The van der Waals surface area contributed by atoms with E-state index in [0.29, 0.717) is 16.7 Å². The van der Waals surface area contributed by atoms with E-state index in [0.717, 1.165) is 20.5 Å². The molecule has 0 fully saturated rings. The van der Waals surface area contributed by atoms with Gasteiger partial charge in [-0.2, -0.15) is 13.2 Å². The first-order valence-electron chi connectivity index (χ1n) is 7.00. The van der Waals surface area contributed by atoms with Crippen molar-refractivity contribution < 1.29 is 18.0 Å². The predicted molar refractivity (Wildman–Crippen MR) is 81.4 cm³/mol. The molecule has 0 amide bonds. The molecule has 0 saturated carbocycles. The van der Waals surface area contributed by atoms with Gasteiger partial charge >= 0.3 is 11.9 Å². The van der Waals surface area contributed by atoms with Gasteiger partial charge in [0.25, 0.3) is 5.56 Å². The second kappa shape index (κ2) is 6.31.